The van der Waals surface area contributed by atoms with Crippen LogP contribution in [-0.2, 0) is 4.79 Å². The second-order valence-corrected chi connectivity index (χ2v) is 7.98. The van der Waals surface area contributed by atoms with Crippen LogP contribution in [0.1, 0.15) is 64.2 Å². The van der Waals surface area contributed by atoms with E-state index in [1.807, 2.05) is 7.05 Å². The van der Waals surface area contributed by atoms with Crippen LogP contribution in [0.4, 0.5) is 0 Å². The van der Waals surface area contributed by atoms with E-state index in [2.05, 4.69) is 20.5 Å². The fourth-order valence-electron chi connectivity index (χ4n) is 4.46. The molecule has 0 aromatic rings. The minimum absolute atomic E-state index is 0. The lowest BCUT2D eigenvalue weighted by atomic mass is 9.74. The first kappa shape index (κ1) is 20.8. The molecule has 2 N–H and O–H groups in total. The van der Waals surface area contributed by atoms with Crippen LogP contribution in [0.3, 0.4) is 0 Å². The smallest absolute Gasteiger partial charge is 0.223 e. The second-order valence-electron chi connectivity index (χ2n) is 7.98. The Morgan fingerprint density at radius 1 is 1.04 bits per heavy atom. The van der Waals surface area contributed by atoms with Crippen molar-refractivity contribution in [3.05, 3.63) is 0 Å². The van der Waals surface area contributed by atoms with Gasteiger partial charge in [0, 0.05) is 39.1 Å². The number of piperidine rings is 1. The van der Waals surface area contributed by atoms with Gasteiger partial charge in [0.25, 0.3) is 0 Å². The molecular formula is C19H35IN4O. The number of rotatable bonds is 4. The first-order valence-corrected chi connectivity index (χ1v) is 9.96. The van der Waals surface area contributed by atoms with E-state index in [9.17, 15) is 4.79 Å². The minimum atomic E-state index is 0. The maximum Gasteiger partial charge on any atom is 0.223 e. The van der Waals surface area contributed by atoms with Crippen LogP contribution in [0, 0.1) is 11.3 Å². The second kappa shape index (κ2) is 9.97. The van der Waals surface area contributed by atoms with Crippen molar-refractivity contribution in [2.24, 2.45) is 16.3 Å². The molecule has 1 aliphatic heterocycles. The van der Waals surface area contributed by atoms with Gasteiger partial charge in [0.05, 0.1) is 0 Å². The molecule has 6 heteroatoms. The molecule has 0 bridgehead atoms. The number of nitrogens with zero attached hydrogens (tertiary/aromatic N) is 2. The molecule has 144 valence electrons. The molecule has 1 amide bonds. The van der Waals surface area contributed by atoms with Crippen LogP contribution in [-0.4, -0.2) is 50.0 Å². The summed E-state index contributed by atoms with van der Waals surface area (Å²) in [7, 11) is 1.87. The van der Waals surface area contributed by atoms with Gasteiger partial charge in [-0.05, 0) is 43.9 Å². The predicted octanol–water partition coefficient (Wildman–Crippen LogP) is 3.14. The van der Waals surface area contributed by atoms with Crippen LogP contribution in [0.25, 0.3) is 0 Å². The van der Waals surface area contributed by atoms with Gasteiger partial charge >= 0.3 is 0 Å². The van der Waals surface area contributed by atoms with Gasteiger partial charge in [0.1, 0.15) is 0 Å². The van der Waals surface area contributed by atoms with Gasteiger partial charge in [-0.25, -0.2) is 0 Å². The summed E-state index contributed by atoms with van der Waals surface area (Å²) < 4.78 is 0. The highest BCUT2D eigenvalue weighted by Gasteiger charge is 2.36. The highest BCUT2D eigenvalue weighted by Crippen LogP contribution is 2.42. The zero-order chi connectivity index (χ0) is 16.8. The molecule has 3 aliphatic rings. The molecule has 0 unspecified atom stereocenters. The number of hydrogen-bond acceptors (Lipinski definition) is 2. The van der Waals surface area contributed by atoms with E-state index in [0.717, 1.165) is 38.4 Å². The number of hydrogen-bond donors (Lipinski definition) is 2. The normalized spacial score (nSPS) is 23.6. The molecule has 25 heavy (non-hydrogen) atoms. The van der Waals surface area contributed by atoms with Crippen molar-refractivity contribution in [3.63, 3.8) is 0 Å². The molecule has 2 saturated carbocycles. The minimum Gasteiger partial charge on any atom is -0.354 e. The summed E-state index contributed by atoms with van der Waals surface area (Å²) in [5, 5.41) is 6.47. The fraction of sp³-hybridized carbons (Fsp3) is 0.895. The number of likely N-dealkylation sites (tertiary alicyclic amines) is 1. The van der Waals surface area contributed by atoms with Crippen molar-refractivity contribution >= 4 is 35.8 Å². The van der Waals surface area contributed by atoms with Crippen LogP contribution in [0.5, 0.6) is 0 Å². The lowest BCUT2D eigenvalue weighted by molar-refractivity contribution is -0.122. The van der Waals surface area contributed by atoms with Crippen molar-refractivity contribution in [3.8, 4) is 0 Å². The summed E-state index contributed by atoms with van der Waals surface area (Å²) >= 11 is 0. The number of guanidine groups is 1. The lowest BCUT2D eigenvalue weighted by Gasteiger charge is -2.44. The van der Waals surface area contributed by atoms with Crippen molar-refractivity contribution in [1.82, 2.24) is 15.5 Å². The van der Waals surface area contributed by atoms with Gasteiger partial charge in [-0.2, -0.15) is 0 Å². The van der Waals surface area contributed by atoms with E-state index in [4.69, 9.17) is 0 Å². The van der Waals surface area contributed by atoms with Crippen LogP contribution in [0.2, 0.25) is 0 Å². The molecule has 2 aliphatic carbocycles. The van der Waals surface area contributed by atoms with Crippen LogP contribution >= 0.6 is 24.0 Å². The van der Waals surface area contributed by atoms with Crippen LogP contribution in [0.15, 0.2) is 4.99 Å². The Morgan fingerprint density at radius 3 is 2.32 bits per heavy atom. The maximum absolute atomic E-state index is 11.7. The number of halogens is 1. The van der Waals surface area contributed by atoms with Crippen LogP contribution < -0.4 is 10.6 Å². The highest BCUT2D eigenvalue weighted by atomic mass is 127. The molecule has 5 nitrogen and oxygen atoms in total. The monoisotopic (exact) mass is 462 g/mol. The van der Waals surface area contributed by atoms with Gasteiger partial charge in [-0.3, -0.25) is 9.79 Å². The molecule has 0 radical (unpaired) electrons. The zero-order valence-electron chi connectivity index (χ0n) is 15.7. The summed E-state index contributed by atoms with van der Waals surface area (Å²) in [6.07, 6.45) is 13.2. The van der Waals surface area contributed by atoms with Gasteiger partial charge < -0.3 is 15.5 Å². The summed E-state index contributed by atoms with van der Waals surface area (Å²) in [5.74, 6) is 1.53. The standard InChI is InChI=1S/C19H34N4O.HI/c1-20-18(22-13-12-21-17(24)16-7-8-16)23-14-6-11-19(15-23)9-4-2-3-5-10-19;/h16H,2-15H2,1H3,(H,20,22)(H,21,24);1H. The highest BCUT2D eigenvalue weighted by molar-refractivity contribution is 14.0. The molecule has 1 spiro atoms. The summed E-state index contributed by atoms with van der Waals surface area (Å²) in [4.78, 5) is 18.6. The van der Waals surface area contributed by atoms with E-state index in [1.165, 1.54) is 51.4 Å². The fourth-order valence-corrected chi connectivity index (χ4v) is 4.46. The Hall–Kier alpha value is -0.530. The SMILES string of the molecule is CN=C(NCCNC(=O)C1CC1)N1CCCC2(CCCCCC2)C1.I. The average molecular weight is 462 g/mol. The summed E-state index contributed by atoms with van der Waals surface area (Å²) in [6, 6.07) is 0. The van der Waals surface area contributed by atoms with Gasteiger partial charge in [0.15, 0.2) is 5.96 Å². The van der Waals surface area contributed by atoms with Gasteiger partial charge in [0.2, 0.25) is 5.91 Å². The topological polar surface area (TPSA) is 56.7 Å². The summed E-state index contributed by atoms with van der Waals surface area (Å²) in [6.45, 7) is 3.71. The Balaban J connectivity index is 0.00000225. The number of amides is 1. The van der Waals surface area contributed by atoms with Crippen molar-refractivity contribution in [2.45, 2.75) is 64.2 Å². The quantitative estimate of drug-likeness (QED) is 0.292. The molecule has 1 heterocycles. The largest absolute Gasteiger partial charge is 0.354 e. The number of carbonyl (C=O) groups excluding carboxylic acids is 1. The first-order chi connectivity index (χ1) is 11.7. The van der Waals surface area contributed by atoms with E-state index in [-0.39, 0.29) is 29.9 Å². The molecule has 3 rings (SSSR count). The Bertz CT molecular complexity index is 456. The molecule has 3 fully saturated rings. The van der Waals surface area contributed by atoms with E-state index in [1.54, 1.807) is 0 Å². The summed E-state index contributed by atoms with van der Waals surface area (Å²) in [5.41, 5.74) is 0.520. The Labute approximate surface area is 169 Å². The van der Waals surface area contributed by atoms with E-state index >= 15 is 0 Å². The number of nitrogens with one attached hydrogen (secondary N) is 2. The molecule has 0 atom stereocenters. The Kier molecular flexibility index (Phi) is 8.29. The number of carbonyl (C=O) groups is 1. The van der Waals surface area contributed by atoms with Crippen molar-refractivity contribution in [2.75, 3.05) is 33.2 Å². The Morgan fingerprint density at radius 2 is 1.68 bits per heavy atom. The van der Waals surface area contributed by atoms with Crippen molar-refractivity contribution < 1.29 is 4.79 Å². The molecule has 0 aromatic carbocycles. The third-order valence-electron chi connectivity index (χ3n) is 5.99. The van der Waals surface area contributed by atoms with Crippen molar-refractivity contribution in [1.29, 1.82) is 0 Å². The van der Waals surface area contributed by atoms with E-state index < -0.39 is 0 Å². The first-order valence-electron chi connectivity index (χ1n) is 9.96. The van der Waals surface area contributed by atoms with Gasteiger partial charge in [-0.1, -0.05) is 25.7 Å². The zero-order valence-corrected chi connectivity index (χ0v) is 18.0. The van der Waals surface area contributed by atoms with E-state index in [0.29, 0.717) is 17.9 Å². The number of aliphatic imine (C=N–C) groups is 1. The third kappa shape index (κ3) is 6.00. The molecule has 1 saturated heterocycles. The third-order valence-corrected chi connectivity index (χ3v) is 5.99. The van der Waals surface area contributed by atoms with Gasteiger partial charge in [-0.15, -0.1) is 24.0 Å². The average Bonchev–Trinajstić information content (AvgIpc) is 3.43. The lowest BCUT2D eigenvalue weighted by Crippen LogP contribution is -2.51. The molecule has 0 aromatic heterocycles. The maximum atomic E-state index is 11.7. The predicted molar refractivity (Wildman–Crippen MR) is 113 cm³/mol. The molecular weight excluding hydrogens is 427 g/mol.